The molecule has 0 amide bonds. The fourth-order valence-corrected chi connectivity index (χ4v) is 8.16. The van der Waals surface area contributed by atoms with E-state index < -0.39 is 25.0 Å². The van der Waals surface area contributed by atoms with E-state index in [0.29, 0.717) is 6.61 Å². The molecule has 0 saturated heterocycles. The van der Waals surface area contributed by atoms with Gasteiger partial charge < -0.3 is 18.0 Å². The van der Waals surface area contributed by atoms with Crippen LogP contribution >= 0.6 is 0 Å². The molecule has 0 N–H and O–H groups in total. The minimum atomic E-state index is -2.16. The van der Waals surface area contributed by atoms with Crippen molar-refractivity contribution >= 4 is 30.9 Å². The van der Waals surface area contributed by atoms with Crippen molar-refractivity contribution in [2.24, 2.45) is 0 Å². The normalized spacial score (nSPS) is 17.4. The van der Waals surface area contributed by atoms with Crippen LogP contribution in [0.25, 0.3) is 0 Å². The van der Waals surface area contributed by atoms with Gasteiger partial charge in [0, 0.05) is 12.2 Å². The standard InChI is InChI=1S/C39H74O5Si3/c1-21-41-36(40)26-25-32(4)27-30(2)23-22-24-31(3)28-34(43-46(17,18)38(9,10)11)35(44-47(19,20)39(12,13)14)29-33(5)42-45(15,16)37(6,7)8/h22-28,33-35H,21,29H2,1-20H3/b24-22+,26-25+,30-23+,31-28+,32-27+/t33-,34-,35-/m1/s1. The number of rotatable bonds is 16. The van der Waals surface area contributed by atoms with E-state index in [4.69, 9.17) is 18.0 Å². The van der Waals surface area contributed by atoms with Crippen LogP contribution in [0.2, 0.25) is 54.4 Å². The van der Waals surface area contributed by atoms with Gasteiger partial charge in [-0.3, -0.25) is 0 Å². The highest BCUT2D eigenvalue weighted by molar-refractivity contribution is 6.75. The van der Waals surface area contributed by atoms with Gasteiger partial charge in [-0.2, -0.15) is 0 Å². The average Bonchev–Trinajstić information content (AvgIpc) is 2.84. The van der Waals surface area contributed by atoms with E-state index >= 15 is 0 Å². The van der Waals surface area contributed by atoms with E-state index in [9.17, 15) is 4.79 Å². The van der Waals surface area contributed by atoms with Crippen molar-refractivity contribution in [3.63, 3.8) is 0 Å². The molecule has 0 unspecified atom stereocenters. The van der Waals surface area contributed by atoms with Crippen LogP contribution in [0, 0.1) is 0 Å². The summed E-state index contributed by atoms with van der Waals surface area (Å²) in [4.78, 5) is 11.7. The van der Waals surface area contributed by atoms with Crippen molar-refractivity contribution in [3.05, 3.63) is 59.3 Å². The Hall–Kier alpha value is -1.30. The largest absolute Gasteiger partial charge is 0.463 e. The highest BCUT2D eigenvalue weighted by atomic mass is 28.4. The number of ether oxygens (including phenoxy) is 1. The molecule has 8 heteroatoms. The van der Waals surface area contributed by atoms with Crippen molar-refractivity contribution in [2.75, 3.05) is 6.61 Å². The highest BCUT2D eigenvalue weighted by Gasteiger charge is 2.45. The van der Waals surface area contributed by atoms with Gasteiger partial charge in [0.1, 0.15) is 0 Å². The monoisotopic (exact) mass is 706 g/mol. The number of esters is 1. The third kappa shape index (κ3) is 16.3. The Morgan fingerprint density at radius 1 is 0.660 bits per heavy atom. The first-order valence-corrected chi connectivity index (χ1v) is 26.3. The van der Waals surface area contributed by atoms with Crippen molar-refractivity contribution < 1.29 is 22.8 Å². The predicted molar refractivity (Wildman–Crippen MR) is 213 cm³/mol. The van der Waals surface area contributed by atoms with Crippen LogP contribution in [0.15, 0.2) is 59.3 Å². The Morgan fingerprint density at radius 2 is 1.13 bits per heavy atom. The molecule has 0 aromatic heterocycles. The Labute approximate surface area is 294 Å². The highest BCUT2D eigenvalue weighted by Crippen LogP contribution is 2.42. The lowest BCUT2D eigenvalue weighted by atomic mass is 10.0. The fourth-order valence-electron chi connectivity index (χ4n) is 4.11. The lowest BCUT2D eigenvalue weighted by Gasteiger charge is -2.46. The van der Waals surface area contributed by atoms with Gasteiger partial charge in [0.25, 0.3) is 0 Å². The molecule has 0 heterocycles. The van der Waals surface area contributed by atoms with Crippen LogP contribution in [0.5, 0.6) is 0 Å². The summed E-state index contributed by atoms with van der Waals surface area (Å²) in [6, 6.07) is 0. The molecular formula is C39H74O5Si3. The van der Waals surface area contributed by atoms with Gasteiger partial charge in [-0.05, 0) is 95.4 Å². The molecule has 3 atom stereocenters. The van der Waals surface area contributed by atoms with Crippen LogP contribution in [-0.2, 0) is 22.8 Å². The minimum Gasteiger partial charge on any atom is -0.463 e. The minimum absolute atomic E-state index is 0.0407. The smallest absolute Gasteiger partial charge is 0.330 e. The Bertz CT molecular complexity index is 1150. The summed E-state index contributed by atoms with van der Waals surface area (Å²) in [6.45, 7) is 45.2. The first kappa shape index (κ1) is 45.7. The number of allylic oxidation sites excluding steroid dienone is 8. The van der Waals surface area contributed by atoms with E-state index in [1.54, 1.807) is 13.0 Å². The molecule has 0 fully saturated rings. The number of carbonyl (C=O) groups is 1. The molecule has 0 aliphatic carbocycles. The van der Waals surface area contributed by atoms with E-state index in [1.165, 1.54) is 6.08 Å². The molecule has 0 aromatic carbocycles. The average molecular weight is 707 g/mol. The first-order chi connectivity index (χ1) is 21.0. The van der Waals surface area contributed by atoms with E-state index in [2.05, 4.69) is 153 Å². The summed E-state index contributed by atoms with van der Waals surface area (Å²) in [7, 11) is -6.28. The van der Waals surface area contributed by atoms with Gasteiger partial charge in [0.15, 0.2) is 25.0 Å². The lowest BCUT2D eigenvalue weighted by Crippen LogP contribution is -2.52. The second kappa shape index (κ2) is 18.1. The SMILES string of the molecule is CCOC(=O)/C=C/C(C)=C/C(C)=C/C=C/C(C)=C/[C@@H](O[Si](C)(C)C(C)(C)C)[C@@H](C[C@@H](C)O[Si](C)(C)C(C)(C)C)O[Si](C)(C)C(C)(C)C. The number of hydrogen-bond acceptors (Lipinski definition) is 5. The van der Waals surface area contributed by atoms with Crippen LogP contribution in [0.3, 0.4) is 0 Å². The fraction of sp³-hybridized carbons (Fsp3) is 0.718. The summed E-state index contributed by atoms with van der Waals surface area (Å²) >= 11 is 0. The zero-order chi connectivity index (χ0) is 37.2. The third-order valence-corrected chi connectivity index (χ3v) is 23.7. The molecule has 47 heavy (non-hydrogen) atoms. The molecule has 0 bridgehead atoms. The summed E-state index contributed by atoms with van der Waals surface area (Å²) in [6.07, 6.45) is 14.4. The molecule has 0 saturated carbocycles. The molecule has 0 spiro atoms. The van der Waals surface area contributed by atoms with Crippen molar-refractivity contribution in [3.8, 4) is 0 Å². The van der Waals surface area contributed by atoms with Crippen molar-refractivity contribution in [1.82, 2.24) is 0 Å². The topological polar surface area (TPSA) is 54.0 Å². The number of carbonyl (C=O) groups excluding carboxylic acids is 1. The van der Waals surface area contributed by atoms with Crippen molar-refractivity contribution in [1.29, 1.82) is 0 Å². The van der Waals surface area contributed by atoms with Gasteiger partial charge in [0.05, 0.1) is 18.8 Å². The first-order valence-electron chi connectivity index (χ1n) is 17.6. The predicted octanol–water partition coefficient (Wildman–Crippen LogP) is 12.1. The van der Waals surface area contributed by atoms with Crippen LogP contribution in [-0.4, -0.2) is 55.8 Å². The second-order valence-corrected chi connectivity index (χ2v) is 32.1. The van der Waals surface area contributed by atoms with Crippen molar-refractivity contribution in [2.45, 2.75) is 176 Å². The molecule has 272 valence electrons. The Balaban J connectivity index is 6.73. The van der Waals surface area contributed by atoms with Crippen LogP contribution < -0.4 is 0 Å². The Kier molecular flexibility index (Phi) is 17.6. The summed E-state index contributed by atoms with van der Waals surface area (Å²) in [5.41, 5.74) is 3.20. The zero-order valence-electron chi connectivity index (χ0n) is 34.2. The molecule has 0 radical (unpaired) electrons. The molecule has 5 nitrogen and oxygen atoms in total. The molecule has 0 rings (SSSR count). The summed E-state index contributed by atoms with van der Waals surface area (Å²) in [5, 5.41) is 0.250. The molecular weight excluding hydrogens is 633 g/mol. The van der Waals surface area contributed by atoms with Gasteiger partial charge in [0.2, 0.25) is 0 Å². The quantitative estimate of drug-likeness (QED) is 0.0692. The Morgan fingerprint density at radius 3 is 1.60 bits per heavy atom. The van der Waals surface area contributed by atoms with Gasteiger partial charge >= 0.3 is 5.97 Å². The van der Waals surface area contributed by atoms with Crippen LogP contribution in [0.4, 0.5) is 0 Å². The second-order valence-electron chi connectivity index (χ2n) is 17.8. The zero-order valence-corrected chi connectivity index (χ0v) is 37.2. The summed E-state index contributed by atoms with van der Waals surface area (Å²) < 4.78 is 26.4. The number of hydrogen-bond donors (Lipinski definition) is 0. The van der Waals surface area contributed by atoms with E-state index in [1.807, 2.05) is 6.92 Å². The lowest BCUT2D eigenvalue weighted by molar-refractivity contribution is -0.137. The van der Waals surface area contributed by atoms with E-state index in [0.717, 1.165) is 23.1 Å². The maximum atomic E-state index is 11.7. The maximum Gasteiger partial charge on any atom is 0.330 e. The van der Waals surface area contributed by atoms with Gasteiger partial charge in [-0.25, -0.2) is 4.79 Å². The summed E-state index contributed by atoms with van der Waals surface area (Å²) in [5.74, 6) is -0.325. The maximum absolute atomic E-state index is 11.7. The van der Waals surface area contributed by atoms with Gasteiger partial charge in [-0.15, -0.1) is 0 Å². The van der Waals surface area contributed by atoms with E-state index in [-0.39, 0.29) is 39.4 Å². The van der Waals surface area contributed by atoms with Gasteiger partial charge in [-0.1, -0.05) is 115 Å². The molecule has 0 aliphatic rings. The van der Waals surface area contributed by atoms with Crippen LogP contribution in [0.1, 0.15) is 103 Å². The molecule has 0 aromatic rings. The molecule has 0 aliphatic heterocycles. The third-order valence-electron chi connectivity index (χ3n) is 10.1.